The second-order valence-corrected chi connectivity index (χ2v) is 7.58. The Balaban J connectivity index is 1.43. The zero-order chi connectivity index (χ0) is 20.1. The lowest BCUT2D eigenvalue weighted by atomic mass is 10.1. The SMILES string of the molecule is Cc1cc(OCCC(=O)N2CCN(C(=O)c3ccc(O)cc3)CC2)ccc1Br. The topological polar surface area (TPSA) is 70.1 Å². The van der Waals surface area contributed by atoms with E-state index in [0.717, 1.165) is 15.8 Å². The molecule has 3 rings (SSSR count). The van der Waals surface area contributed by atoms with Crippen LogP contribution in [-0.4, -0.2) is 59.5 Å². The molecule has 0 bridgehead atoms. The van der Waals surface area contributed by atoms with Crippen molar-refractivity contribution in [1.29, 1.82) is 0 Å². The molecule has 1 fully saturated rings. The molecule has 2 aromatic rings. The highest BCUT2D eigenvalue weighted by Crippen LogP contribution is 2.21. The summed E-state index contributed by atoms with van der Waals surface area (Å²) in [5.74, 6) is 0.830. The number of piperazine rings is 1. The fourth-order valence-corrected chi connectivity index (χ4v) is 3.31. The van der Waals surface area contributed by atoms with E-state index in [0.29, 0.717) is 44.8 Å². The summed E-state index contributed by atoms with van der Waals surface area (Å²) in [4.78, 5) is 28.4. The van der Waals surface area contributed by atoms with E-state index in [1.807, 2.05) is 25.1 Å². The van der Waals surface area contributed by atoms with Crippen molar-refractivity contribution in [3.05, 3.63) is 58.1 Å². The van der Waals surface area contributed by atoms with Gasteiger partial charge in [0.15, 0.2) is 0 Å². The molecule has 1 aliphatic heterocycles. The number of aryl methyl sites for hydroxylation is 1. The first-order valence-corrected chi connectivity index (χ1v) is 9.98. The van der Waals surface area contributed by atoms with E-state index in [1.54, 1.807) is 21.9 Å². The highest BCUT2D eigenvalue weighted by Gasteiger charge is 2.24. The van der Waals surface area contributed by atoms with Crippen molar-refractivity contribution in [3.63, 3.8) is 0 Å². The Morgan fingerprint density at radius 2 is 1.68 bits per heavy atom. The number of carbonyl (C=O) groups is 2. The molecule has 1 heterocycles. The number of ether oxygens (including phenoxy) is 1. The van der Waals surface area contributed by atoms with Gasteiger partial charge in [0, 0.05) is 36.2 Å². The lowest BCUT2D eigenvalue weighted by Gasteiger charge is -2.34. The third-order valence-electron chi connectivity index (χ3n) is 4.75. The van der Waals surface area contributed by atoms with Gasteiger partial charge in [0.05, 0.1) is 13.0 Å². The molecular formula is C21H23BrN2O4. The van der Waals surface area contributed by atoms with Crippen LogP contribution in [0, 0.1) is 6.92 Å². The average Bonchev–Trinajstić information content (AvgIpc) is 2.71. The molecule has 0 radical (unpaired) electrons. The number of nitrogens with zero attached hydrogens (tertiary/aromatic N) is 2. The Hall–Kier alpha value is -2.54. The van der Waals surface area contributed by atoms with Crippen molar-refractivity contribution in [2.75, 3.05) is 32.8 Å². The molecule has 1 saturated heterocycles. The molecule has 0 aromatic heterocycles. The zero-order valence-electron chi connectivity index (χ0n) is 15.7. The highest BCUT2D eigenvalue weighted by atomic mass is 79.9. The second kappa shape index (κ2) is 9.10. The summed E-state index contributed by atoms with van der Waals surface area (Å²) >= 11 is 3.45. The quantitative estimate of drug-likeness (QED) is 0.765. The number of phenolic OH excluding ortho intramolecular Hbond substituents is 1. The van der Waals surface area contributed by atoms with Crippen LogP contribution in [0.3, 0.4) is 0 Å². The summed E-state index contributed by atoms with van der Waals surface area (Å²) < 4.78 is 6.70. The summed E-state index contributed by atoms with van der Waals surface area (Å²) in [6.45, 7) is 4.34. The molecule has 0 atom stereocenters. The van der Waals surface area contributed by atoms with Gasteiger partial charge >= 0.3 is 0 Å². The Bertz CT molecular complexity index is 846. The molecular weight excluding hydrogens is 424 g/mol. The van der Waals surface area contributed by atoms with Crippen LogP contribution in [0.2, 0.25) is 0 Å². The molecule has 0 unspecified atom stereocenters. The normalized spacial score (nSPS) is 14.1. The summed E-state index contributed by atoms with van der Waals surface area (Å²) in [6, 6.07) is 11.9. The van der Waals surface area contributed by atoms with E-state index in [1.165, 1.54) is 12.1 Å². The molecule has 6 nitrogen and oxygen atoms in total. The van der Waals surface area contributed by atoms with Crippen LogP contribution in [0.15, 0.2) is 46.9 Å². The number of hydrogen-bond donors (Lipinski definition) is 1. The Labute approximate surface area is 172 Å². The van der Waals surface area contributed by atoms with Gasteiger partial charge in [-0.2, -0.15) is 0 Å². The maximum absolute atomic E-state index is 12.5. The van der Waals surface area contributed by atoms with Gasteiger partial charge in [0.1, 0.15) is 11.5 Å². The largest absolute Gasteiger partial charge is 0.508 e. The van der Waals surface area contributed by atoms with Gasteiger partial charge in [-0.15, -0.1) is 0 Å². The number of aromatic hydroxyl groups is 1. The van der Waals surface area contributed by atoms with Crippen molar-refractivity contribution in [2.24, 2.45) is 0 Å². The molecule has 2 aromatic carbocycles. The Morgan fingerprint density at radius 3 is 2.32 bits per heavy atom. The van der Waals surface area contributed by atoms with Crippen LogP contribution in [0.4, 0.5) is 0 Å². The van der Waals surface area contributed by atoms with E-state index in [-0.39, 0.29) is 17.6 Å². The third-order valence-corrected chi connectivity index (χ3v) is 5.64. The maximum Gasteiger partial charge on any atom is 0.253 e. The number of rotatable bonds is 5. The minimum atomic E-state index is -0.0824. The second-order valence-electron chi connectivity index (χ2n) is 6.73. The molecule has 7 heteroatoms. The summed E-state index contributed by atoms with van der Waals surface area (Å²) in [7, 11) is 0. The van der Waals surface area contributed by atoms with E-state index in [4.69, 9.17) is 4.74 Å². The van der Waals surface area contributed by atoms with E-state index in [9.17, 15) is 14.7 Å². The number of hydrogen-bond acceptors (Lipinski definition) is 4. The number of phenols is 1. The highest BCUT2D eigenvalue weighted by molar-refractivity contribution is 9.10. The van der Waals surface area contributed by atoms with Gasteiger partial charge in [-0.3, -0.25) is 9.59 Å². The first kappa shape index (κ1) is 20.2. The fourth-order valence-electron chi connectivity index (χ4n) is 3.07. The van der Waals surface area contributed by atoms with E-state index < -0.39 is 0 Å². The molecule has 1 aliphatic rings. The standard InChI is InChI=1S/C21H23BrN2O4/c1-15-14-18(6-7-19(15)22)28-13-8-20(26)23-9-11-24(12-10-23)21(27)16-2-4-17(25)5-3-16/h2-7,14,25H,8-13H2,1H3. The lowest BCUT2D eigenvalue weighted by molar-refractivity contribution is -0.133. The summed E-state index contributed by atoms with van der Waals surface area (Å²) in [5.41, 5.74) is 1.62. The predicted octanol–water partition coefficient (Wildman–Crippen LogP) is 3.22. The molecule has 0 saturated carbocycles. The Morgan fingerprint density at radius 1 is 1.04 bits per heavy atom. The molecule has 0 spiro atoms. The molecule has 2 amide bonds. The van der Waals surface area contributed by atoms with Crippen LogP contribution >= 0.6 is 15.9 Å². The summed E-state index contributed by atoms with van der Waals surface area (Å²) in [6.07, 6.45) is 0.307. The van der Waals surface area contributed by atoms with Crippen LogP contribution in [-0.2, 0) is 4.79 Å². The third kappa shape index (κ3) is 5.04. The smallest absolute Gasteiger partial charge is 0.253 e. The van der Waals surface area contributed by atoms with Crippen LogP contribution in [0.25, 0.3) is 0 Å². The van der Waals surface area contributed by atoms with Crippen molar-refractivity contribution >= 4 is 27.7 Å². The van der Waals surface area contributed by atoms with Crippen molar-refractivity contribution in [1.82, 2.24) is 9.80 Å². The van der Waals surface area contributed by atoms with Gasteiger partial charge in [0.2, 0.25) is 5.91 Å². The maximum atomic E-state index is 12.5. The molecule has 28 heavy (non-hydrogen) atoms. The van der Waals surface area contributed by atoms with Crippen molar-refractivity contribution < 1.29 is 19.4 Å². The van der Waals surface area contributed by atoms with E-state index in [2.05, 4.69) is 15.9 Å². The number of halogens is 1. The van der Waals surface area contributed by atoms with E-state index >= 15 is 0 Å². The number of benzene rings is 2. The number of carbonyl (C=O) groups excluding carboxylic acids is 2. The van der Waals surface area contributed by atoms with Crippen LogP contribution in [0.5, 0.6) is 11.5 Å². The average molecular weight is 447 g/mol. The van der Waals surface area contributed by atoms with Crippen LogP contribution in [0.1, 0.15) is 22.3 Å². The zero-order valence-corrected chi connectivity index (χ0v) is 17.3. The first-order valence-electron chi connectivity index (χ1n) is 9.19. The van der Waals surface area contributed by atoms with Gasteiger partial charge in [0.25, 0.3) is 5.91 Å². The van der Waals surface area contributed by atoms with Gasteiger partial charge in [-0.1, -0.05) is 15.9 Å². The van der Waals surface area contributed by atoms with Crippen LogP contribution < -0.4 is 4.74 Å². The molecule has 1 N–H and O–H groups in total. The monoisotopic (exact) mass is 446 g/mol. The minimum absolute atomic E-state index is 0.0329. The summed E-state index contributed by atoms with van der Waals surface area (Å²) in [5, 5.41) is 9.33. The minimum Gasteiger partial charge on any atom is -0.508 e. The Kier molecular flexibility index (Phi) is 6.57. The van der Waals surface area contributed by atoms with Crippen molar-refractivity contribution in [3.8, 4) is 11.5 Å². The van der Waals surface area contributed by atoms with Gasteiger partial charge in [-0.05, 0) is 55.0 Å². The van der Waals surface area contributed by atoms with Gasteiger partial charge in [-0.25, -0.2) is 0 Å². The number of amides is 2. The first-order chi connectivity index (χ1) is 13.4. The molecule has 148 valence electrons. The van der Waals surface area contributed by atoms with Gasteiger partial charge < -0.3 is 19.6 Å². The lowest BCUT2D eigenvalue weighted by Crippen LogP contribution is -2.50. The predicted molar refractivity (Wildman–Crippen MR) is 110 cm³/mol. The van der Waals surface area contributed by atoms with Crippen molar-refractivity contribution in [2.45, 2.75) is 13.3 Å². The molecule has 0 aliphatic carbocycles. The fraction of sp³-hybridized carbons (Fsp3) is 0.333.